The Morgan fingerprint density at radius 3 is 2.55 bits per heavy atom. The Morgan fingerprint density at radius 2 is 1.90 bits per heavy atom. The number of nitrogens with one attached hydrogen (secondary N) is 1. The van der Waals surface area contributed by atoms with E-state index in [0.717, 1.165) is 4.52 Å². The number of aliphatic hydroxyl groups is 1. The number of phosphoric acid groups is 3. The van der Waals surface area contributed by atoms with E-state index in [1.54, 1.807) is 0 Å². The number of aliphatic hydroxyl groups excluding tert-OH is 1. The number of H-pyrrole nitrogens is 1. The fourth-order valence-corrected chi connectivity index (χ4v) is 5.71. The van der Waals surface area contributed by atoms with Gasteiger partial charge in [0.2, 0.25) is 11.6 Å². The smallest absolute Gasteiger partial charge is 0.390 e. The average molecular weight is 507 g/mol. The second kappa shape index (κ2) is 8.44. The predicted octanol–water partition coefficient (Wildman–Crippen LogP) is -1.47. The number of nitrogens with zero attached hydrogens (tertiary/aromatic N) is 3. The van der Waals surface area contributed by atoms with Crippen molar-refractivity contribution in [3.8, 4) is 0 Å². The van der Waals surface area contributed by atoms with Crippen molar-refractivity contribution >= 4 is 35.1 Å². The van der Waals surface area contributed by atoms with E-state index in [2.05, 4.69) is 28.2 Å². The molecule has 2 unspecified atom stereocenters. The third kappa shape index (κ3) is 6.04. The molecule has 1 aliphatic heterocycles. The van der Waals surface area contributed by atoms with Gasteiger partial charge in [0.15, 0.2) is 0 Å². The van der Waals surface area contributed by atoms with E-state index in [1.807, 2.05) is 0 Å². The van der Waals surface area contributed by atoms with Gasteiger partial charge in [-0.15, -0.1) is 5.10 Å². The maximum atomic E-state index is 11.8. The minimum absolute atomic E-state index is 0.0768. The lowest BCUT2D eigenvalue weighted by molar-refractivity contribution is -0.0234. The highest BCUT2D eigenvalue weighted by Gasteiger charge is 2.43. The molecule has 2 aromatic rings. The molecule has 0 radical (unpaired) electrons. The van der Waals surface area contributed by atoms with Crippen LogP contribution >= 0.6 is 23.5 Å². The molecule has 3 rings (SSSR count). The molecule has 2 aromatic heterocycles. The maximum absolute atomic E-state index is 11.8. The molecular formula is C10H16N5O13P3. The fraction of sp³-hybridized carbons (Fsp3) is 0.500. The zero-order valence-electron chi connectivity index (χ0n) is 15.0. The highest BCUT2D eigenvalue weighted by Crippen LogP contribution is 2.66. The van der Waals surface area contributed by atoms with E-state index >= 15 is 0 Å². The van der Waals surface area contributed by atoms with Gasteiger partial charge in [-0.1, -0.05) is 0 Å². The fourth-order valence-electron chi connectivity index (χ4n) is 2.68. The Morgan fingerprint density at radius 1 is 1.23 bits per heavy atom. The van der Waals surface area contributed by atoms with Crippen molar-refractivity contribution in [3.05, 3.63) is 22.2 Å². The summed E-state index contributed by atoms with van der Waals surface area (Å²) in [6.07, 6.45) is -2.23. The van der Waals surface area contributed by atoms with Gasteiger partial charge in [-0.2, -0.15) is 8.62 Å². The number of hydrogen-bond donors (Lipinski definition) is 7. The number of fused-ring (bicyclic) bond motifs is 1. The monoisotopic (exact) mass is 507 g/mol. The third-order valence-electron chi connectivity index (χ3n) is 3.79. The molecular weight excluding hydrogens is 491 g/mol. The number of anilines is 1. The predicted molar refractivity (Wildman–Crippen MR) is 96.1 cm³/mol. The summed E-state index contributed by atoms with van der Waals surface area (Å²) in [5, 5.41) is 14.0. The molecule has 8 N–H and O–H groups in total. The molecule has 5 atom stereocenters. The van der Waals surface area contributed by atoms with Crippen molar-refractivity contribution in [3.63, 3.8) is 0 Å². The Labute approximate surface area is 171 Å². The van der Waals surface area contributed by atoms with E-state index in [4.69, 9.17) is 25.2 Å². The van der Waals surface area contributed by atoms with E-state index in [1.165, 1.54) is 6.20 Å². The van der Waals surface area contributed by atoms with Crippen molar-refractivity contribution in [2.75, 3.05) is 12.3 Å². The van der Waals surface area contributed by atoms with Gasteiger partial charge in [0.1, 0.15) is 12.2 Å². The van der Waals surface area contributed by atoms with Gasteiger partial charge < -0.3 is 35.2 Å². The molecule has 31 heavy (non-hydrogen) atoms. The Bertz CT molecular complexity index is 1170. The zero-order chi connectivity index (χ0) is 23.2. The van der Waals surface area contributed by atoms with Crippen LogP contribution in [0.3, 0.4) is 0 Å². The zero-order valence-corrected chi connectivity index (χ0v) is 17.7. The number of rotatable bonds is 8. The van der Waals surface area contributed by atoms with Crippen LogP contribution in [0.5, 0.6) is 0 Å². The molecule has 174 valence electrons. The van der Waals surface area contributed by atoms with Crippen molar-refractivity contribution in [1.29, 1.82) is 0 Å². The van der Waals surface area contributed by atoms with Crippen molar-refractivity contribution in [2.45, 2.75) is 24.7 Å². The second-order valence-electron chi connectivity index (χ2n) is 6.11. The normalized spacial score (nSPS) is 26.0. The Balaban J connectivity index is 1.67. The molecule has 0 saturated carbocycles. The quantitative estimate of drug-likeness (QED) is 0.201. The van der Waals surface area contributed by atoms with Gasteiger partial charge in [0, 0.05) is 6.42 Å². The van der Waals surface area contributed by atoms with E-state index in [-0.39, 0.29) is 23.7 Å². The Kier molecular flexibility index (Phi) is 6.57. The summed E-state index contributed by atoms with van der Waals surface area (Å²) >= 11 is 0. The van der Waals surface area contributed by atoms with Gasteiger partial charge in [-0.25, -0.2) is 23.2 Å². The first-order chi connectivity index (χ1) is 14.2. The topological polar surface area (TPSA) is 278 Å². The van der Waals surface area contributed by atoms with Crippen LogP contribution < -0.4 is 11.3 Å². The molecule has 1 aliphatic rings. The molecule has 0 aromatic carbocycles. The van der Waals surface area contributed by atoms with Crippen LogP contribution in [0.2, 0.25) is 0 Å². The van der Waals surface area contributed by atoms with Gasteiger partial charge >= 0.3 is 23.5 Å². The largest absolute Gasteiger partial charge is 0.490 e. The van der Waals surface area contributed by atoms with Gasteiger partial charge in [-0.05, 0) is 0 Å². The molecule has 3 heterocycles. The number of ether oxygens (including phenoxy) is 1. The molecule has 0 spiro atoms. The number of imidazole rings is 1. The number of hydrogen-bond acceptors (Lipinski definition) is 12. The van der Waals surface area contributed by atoms with Crippen molar-refractivity contribution < 1.29 is 56.3 Å². The molecule has 0 bridgehead atoms. The van der Waals surface area contributed by atoms with E-state index in [0.29, 0.717) is 0 Å². The highest BCUT2D eigenvalue weighted by molar-refractivity contribution is 7.66. The molecule has 1 fully saturated rings. The number of aromatic amines is 1. The third-order valence-corrected chi connectivity index (χ3v) is 7.59. The maximum Gasteiger partial charge on any atom is 0.490 e. The van der Waals surface area contributed by atoms with Gasteiger partial charge in [-0.3, -0.25) is 14.3 Å². The van der Waals surface area contributed by atoms with Crippen LogP contribution in [-0.4, -0.2) is 63.1 Å². The van der Waals surface area contributed by atoms with Crippen LogP contribution in [0.1, 0.15) is 18.2 Å². The van der Waals surface area contributed by atoms with Gasteiger partial charge in [0.25, 0.3) is 5.56 Å². The molecule has 1 saturated heterocycles. The van der Waals surface area contributed by atoms with Crippen LogP contribution in [-0.2, 0) is 31.6 Å². The molecule has 0 aliphatic carbocycles. The number of nitrogen functional groups attached to an aromatic ring is 1. The first-order valence-corrected chi connectivity index (χ1v) is 12.5. The van der Waals surface area contributed by atoms with Crippen LogP contribution in [0.4, 0.5) is 5.95 Å². The van der Waals surface area contributed by atoms with E-state index < -0.39 is 53.9 Å². The molecule has 21 heteroatoms. The lowest BCUT2D eigenvalue weighted by Gasteiger charge is -2.19. The van der Waals surface area contributed by atoms with E-state index in [9.17, 15) is 28.5 Å². The highest BCUT2D eigenvalue weighted by atomic mass is 31.3. The summed E-state index contributed by atoms with van der Waals surface area (Å²) in [5.41, 5.74) is 5.00. The summed E-state index contributed by atoms with van der Waals surface area (Å²) in [5.74, 6) is -0.209. The SMILES string of the molecule is Nc1nn2c([C@H]3C[C@H](O)[C@@H](COP(=O)(O)OP(=O)(O)OP(=O)(O)O)O3)cnc2c(=O)[nH]1. The number of phosphoric ester groups is 1. The number of aromatic nitrogens is 4. The van der Waals surface area contributed by atoms with Crippen molar-refractivity contribution in [2.24, 2.45) is 0 Å². The summed E-state index contributed by atoms with van der Waals surface area (Å²) in [6, 6.07) is 0. The summed E-state index contributed by atoms with van der Waals surface area (Å²) in [4.78, 5) is 53.5. The Hall–Kier alpha value is -1.52. The minimum atomic E-state index is -5.67. The summed E-state index contributed by atoms with van der Waals surface area (Å²) in [6.45, 7) is -0.839. The first kappa shape index (κ1) is 24.1. The first-order valence-electron chi connectivity index (χ1n) is 8.01. The number of nitrogens with two attached hydrogens (primary N) is 1. The minimum Gasteiger partial charge on any atom is -0.390 e. The standard InChI is InChI=1S/C10H16N5O13P3/c11-10-13-9(17)8-12-2-4(15(8)14-10)6-1-5(16)7(26-6)3-25-30(21,22)28-31(23,24)27-29(18,19)20/h2,5-7,16H,1,3H2,(H,21,22)(H,23,24)(H2,18,19,20)(H3,11,13,14,17)/t5-,6+,7+/m0/s1. The molecule has 18 nitrogen and oxygen atoms in total. The summed E-state index contributed by atoms with van der Waals surface area (Å²) in [7, 11) is -16.6. The lowest BCUT2D eigenvalue weighted by atomic mass is 10.1. The van der Waals surface area contributed by atoms with Gasteiger partial charge in [0.05, 0.1) is 24.6 Å². The van der Waals surface area contributed by atoms with Crippen LogP contribution in [0.25, 0.3) is 5.65 Å². The average Bonchev–Trinajstić information content (AvgIpc) is 3.13. The molecule has 0 amide bonds. The second-order valence-corrected chi connectivity index (χ2v) is 10.5. The van der Waals surface area contributed by atoms with Crippen LogP contribution in [0, 0.1) is 0 Å². The summed E-state index contributed by atoms with van der Waals surface area (Å²) < 4.78 is 51.9. The van der Waals surface area contributed by atoms with Crippen LogP contribution in [0.15, 0.2) is 11.0 Å². The lowest BCUT2D eigenvalue weighted by Crippen LogP contribution is -2.26. The van der Waals surface area contributed by atoms with Crippen molar-refractivity contribution in [1.82, 2.24) is 19.6 Å².